The summed E-state index contributed by atoms with van der Waals surface area (Å²) in [6.45, 7) is 1.69. The van der Waals surface area contributed by atoms with E-state index in [1.165, 1.54) is 19.4 Å². The molecule has 128 valence electrons. The van der Waals surface area contributed by atoms with Crippen LogP contribution in [0.15, 0.2) is 30.5 Å². The molecule has 0 saturated carbocycles. The molecule has 1 aromatic carbocycles. The van der Waals surface area contributed by atoms with Crippen molar-refractivity contribution >= 4 is 29.2 Å². The molecule has 8 heteroatoms. The van der Waals surface area contributed by atoms with Crippen LogP contribution in [0.5, 0.6) is 5.75 Å². The van der Waals surface area contributed by atoms with E-state index in [1.807, 2.05) is 0 Å². The van der Waals surface area contributed by atoms with E-state index >= 15 is 0 Å². The second kappa shape index (κ2) is 8.17. The van der Waals surface area contributed by atoms with Gasteiger partial charge in [0.15, 0.2) is 11.6 Å². The van der Waals surface area contributed by atoms with Gasteiger partial charge in [-0.2, -0.15) is 0 Å². The van der Waals surface area contributed by atoms with Crippen molar-refractivity contribution in [3.05, 3.63) is 57.6 Å². The molecule has 1 unspecified atom stereocenters. The predicted octanol–water partition coefficient (Wildman–Crippen LogP) is 4.10. The average molecular weight is 372 g/mol. The SMILES string of the molecule is COc1ccnc(CNC(=O)NC(C)c2cc(Cl)ccc2Cl)c1F. The van der Waals surface area contributed by atoms with Crippen LogP contribution in [0, 0.1) is 5.82 Å². The number of amides is 2. The molecule has 1 aromatic heterocycles. The van der Waals surface area contributed by atoms with Gasteiger partial charge in [0, 0.05) is 22.3 Å². The fourth-order valence-electron chi connectivity index (χ4n) is 2.08. The molecule has 0 aliphatic heterocycles. The van der Waals surface area contributed by atoms with Crippen LogP contribution >= 0.6 is 23.2 Å². The molecule has 2 aromatic rings. The zero-order valence-electron chi connectivity index (χ0n) is 13.1. The van der Waals surface area contributed by atoms with Crippen LogP contribution in [0.25, 0.3) is 0 Å². The highest BCUT2D eigenvalue weighted by Gasteiger charge is 2.15. The Kier molecular flexibility index (Phi) is 6.23. The number of pyridine rings is 1. The lowest BCUT2D eigenvalue weighted by molar-refractivity contribution is 0.237. The summed E-state index contributed by atoms with van der Waals surface area (Å²) < 4.78 is 18.8. The maximum Gasteiger partial charge on any atom is 0.315 e. The van der Waals surface area contributed by atoms with Crippen molar-refractivity contribution in [2.45, 2.75) is 19.5 Å². The van der Waals surface area contributed by atoms with Gasteiger partial charge >= 0.3 is 6.03 Å². The number of carbonyl (C=O) groups is 1. The van der Waals surface area contributed by atoms with Crippen molar-refractivity contribution in [2.75, 3.05) is 7.11 Å². The van der Waals surface area contributed by atoms with E-state index in [0.29, 0.717) is 15.6 Å². The molecule has 1 atom stereocenters. The highest BCUT2D eigenvalue weighted by molar-refractivity contribution is 6.33. The van der Waals surface area contributed by atoms with Gasteiger partial charge in [-0.1, -0.05) is 23.2 Å². The Morgan fingerprint density at radius 3 is 2.83 bits per heavy atom. The van der Waals surface area contributed by atoms with E-state index in [0.717, 1.165) is 0 Å². The molecule has 0 bridgehead atoms. The zero-order valence-corrected chi connectivity index (χ0v) is 14.6. The van der Waals surface area contributed by atoms with E-state index in [1.54, 1.807) is 25.1 Å². The van der Waals surface area contributed by atoms with Crippen molar-refractivity contribution in [1.82, 2.24) is 15.6 Å². The maximum atomic E-state index is 14.0. The number of methoxy groups -OCH3 is 1. The molecule has 1 heterocycles. The summed E-state index contributed by atoms with van der Waals surface area (Å²) >= 11 is 12.0. The molecule has 0 radical (unpaired) electrons. The molecule has 24 heavy (non-hydrogen) atoms. The number of hydrogen-bond donors (Lipinski definition) is 2. The predicted molar refractivity (Wildman–Crippen MR) is 91.0 cm³/mol. The molecule has 0 saturated heterocycles. The van der Waals surface area contributed by atoms with Crippen molar-refractivity contribution in [3.8, 4) is 5.75 Å². The Labute approximate surface area is 149 Å². The van der Waals surface area contributed by atoms with Crippen LogP contribution in [0.3, 0.4) is 0 Å². The Bertz CT molecular complexity index is 743. The first-order valence-corrected chi connectivity index (χ1v) is 7.84. The smallest absolute Gasteiger partial charge is 0.315 e. The third-order valence-electron chi connectivity index (χ3n) is 3.33. The number of ether oxygens (including phenoxy) is 1. The van der Waals surface area contributed by atoms with Gasteiger partial charge < -0.3 is 15.4 Å². The topological polar surface area (TPSA) is 63.2 Å². The van der Waals surface area contributed by atoms with Gasteiger partial charge in [0.1, 0.15) is 0 Å². The summed E-state index contributed by atoms with van der Waals surface area (Å²) in [6.07, 6.45) is 1.41. The third-order valence-corrected chi connectivity index (χ3v) is 3.91. The number of rotatable bonds is 5. The van der Waals surface area contributed by atoms with E-state index in [-0.39, 0.29) is 24.0 Å². The summed E-state index contributed by atoms with van der Waals surface area (Å²) in [4.78, 5) is 15.9. The number of hydrogen-bond acceptors (Lipinski definition) is 3. The van der Waals surface area contributed by atoms with Gasteiger partial charge in [-0.05, 0) is 30.7 Å². The summed E-state index contributed by atoms with van der Waals surface area (Å²) in [6, 6.07) is 5.55. The van der Waals surface area contributed by atoms with E-state index in [2.05, 4.69) is 15.6 Å². The summed E-state index contributed by atoms with van der Waals surface area (Å²) in [5.41, 5.74) is 0.767. The number of nitrogens with zero attached hydrogens (tertiary/aromatic N) is 1. The van der Waals surface area contributed by atoms with Gasteiger partial charge in [0.05, 0.1) is 25.4 Å². The Balaban J connectivity index is 1.97. The van der Waals surface area contributed by atoms with Gasteiger partial charge in [0.25, 0.3) is 0 Å². The lowest BCUT2D eigenvalue weighted by Gasteiger charge is -2.16. The molecular formula is C16H16Cl2FN3O2. The van der Waals surface area contributed by atoms with Crippen LogP contribution in [-0.4, -0.2) is 18.1 Å². The molecule has 0 aliphatic rings. The fraction of sp³-hybridized carbons (Fsp3) is 0.250. The van der Waals surface area contributed by atoms with Gasteiger partial charge in [-0.25, -0.2) is 9.18 Å². The quantitative estimate of drug-likeness (QED) is 0.831. The molecular weight excluding hydrogens is 356 g/mol. The highest BCUT2D eigenvalue weighted by atomic mass is 35.5. The van der Waals surface area contributed by atoms with Gasteiger partial charge in [-0.15, -0.1) is 0 Å². The number of carbonyl (C=O) groups excluding carboxylic acids is 1. The van der Waals surface area contributed by atoms with Crippen molar-refractivity contribution < 1.29 is 13.9 Å². The molecule has 2 rings (SSSR count). The average Bonchev–Trinajstić information content (AvgIpc) is 2.56. The summed E-state index contributed by atoms with van der Waals surface area (Å²) in [5, 5.41) is 6.26. The Hall–Kier alpha value is -2.05. The van der Waals surface area contributed by atoms with Gasteiger partial charge in [-0.3, -0.25) is 4.98 Å². The Morgan fingerprint density at radius 1 is 1.38 bits per heavy atom. The Morgan fingerprint density at radius 2 is 2.12 bits per heavy atom. The molecule has 5 nitrogen and oxygen atoms in total. The monoisotopic (exact) mass is 371 g/mol. The third kappa shape index (κ3) is 4.49. The number of halogens is 3. The minimum absolute atomic E-state index is 0.0706. The first kappa shape index (κ1) is 18.3. The molecule has 0 spiro atoms. The van der Waals surface area contributed by atoms with E-state index in [9.17, 15) is 9.18 Å². The number of urea groups is 1. The van der Waals surface area contributed by atoms with Crippen LogP contribution in [-0.2, 0) is 6.54 Å². The largest absolute Gasteiger partial charge is 0.494 e. The normalized spacial score (nSPS) is 11.7. The molecule has 0 aliphatic carbocycles. The fourth-order valence-corrected chi connectivity index (χ4v) is 2.55. The first-order chi connectivity index (χ1) is 11.4. The first-order valence-electron chi connectivity index (χ1n) is 7.09. The minimum atomic E-state index is -0.605. The van der Waals surface area contributed by atoms with Crippen molar-refractivity contribution in [2.24, 2.45) is 0 Å². The van der Waals surface area contributed by atoms with Crippen LogP contribution in [0.1, 0.15) is 24.2 Å². The van der Waals surface area contributed by atoms with Gasteiger partial charge in [0.2, 0.25) is 0 Å². The zero-order chi connectivity index (χ0) is 17.7. The lowest BCUT2D eigenvalue weighted by atomic mass is 10.1. The molecule has 2 N–H and O–H groups in total. The summed E-state index contributed by atoms with van der Waals surface area (Å²) in [7, 11) is 1.36. The number of aromatic nitrogens is 1. The maximum absolute atomic E-state index is 14.0. The van der Waals surface area contributed by atoms with Crippen LogP contribution in [0.4, 0.5) is 9.18 Å². The molecule has 2 amide bonds. The second-order valence-corrected chi connectivity index (χ2v) is 5.83. The number of nitrogens with one attached hydrogen (secondary N) is 2. The lowest BCUT2D eigenvalue weighted by Crippen LogP contribution is -2.37. The van der Waals surface area contributed by atoms with Crippen molar-refractivity contribution in [1.29, 1.82) is 0 Å². The van der Waals surface area contributed by atoms with E-state index < -0.39 is 11.8 Å². The highest BCUT2D eigenvalue weighted by Crippen LogP contribution is 2.26. The van der Waals surface area contributed by atoms with Crippen LogP contribution in [0.2, 0.25) is 10.0 Å². The number of benzene rings is 1. The molecule has 0 fully saturated rings. The minimum Gasteiger partial charge on any atom is -0.494 e. The standard InChI is InChI=1S/C16H16Cl2FN3O2/c1-9(11-7-10(17)3-4-12(11)18)22-16(23)21-8-13-15(19)14(24-2)5-6-20-13/h3-7,9H,8H2,1-2H3,(H2,21,22,23). The van der Waals surface area contributed by atoms with E-state index in [4.69, 9.17) is 27.9 Å². The second-order valence-electron chi connectivity index (χ2n) is 4.99. The van der Waals surface area contributed by atoms with Crippen LogP contribution < -0.4 is 15.4 Å². The van der Waals surface area contributed by atoms with Crippen molar-refractivity contribution in [3.63, 3.8) is 0 Å². The summed E-state index contributed by atoms with van der Waals surface area (Å²) in [5.74, 6) is -0.535.